The zero-order valence-corrected chi connectivity index (χ0v) is 15.7. The van der Waals surface area contributed by atoms with Crippen LogP contribution in [0, 0.1) is 0 Å². The van der Waals surface area contributed by atoms with Crippen LogP contribution in [-0.4, -0.2) is 27.0 Å². The van der Waals surface area contributed by atoms with Crippen LogP contribution in [0.3, 0.4) is 0 Å². The molecule has 0 aliphatic rings. The van der Waals surface area contributed by atoms with Gasteiger partial charge in [-0.05, 0) is 59.7 Å². The van der Waals surface area contributed by atoms with E-state index in [1.165, 1.54) is 30.3 Å². The molecule has 0 atom stereocenters. The average molecular weight is 425 g/mol. The van der Waals surface area contributed by atoms with Gasteiger partial charge in [-0.2, -0.15) is 13.2 Å². The molecule has 0 unspecified atom stereocenters. The van der Waals surface area contributed by atoms with E-state index < -0.39 is 23.6 Å². The van der Waals surface area contributed by atoms with Gasteiger partial charge in [0.1, 0.15) is 5.82 Å². The van der Waals surface area contributed by atoms with E-state index >= 15 is 0 Å². The number of H-pyrrole nitrogens is 1. The molecule has 4 rings (SSSR count). The zero-order valence-electron chi connectivity index (χ0n) is 15.7. The van der Waals surface area contributed by atoms with Crippen molar-refractivity contribution in [1.29, 1.82) is 0 Å². The standard InChI is InChI=1S/C22H14F3N3O3/c23-22(24,25)16-5-6-17-18(10-16)28-20(27-17)14-7-13(8-15(9-14)21(30)31)11-1-3-12(4-2-11)19(26)29/h1-10H,(H2,26,29)(H,27,28)(H,30,31). The number of amides is 1. The number of nitrogens with one attached hydrogen (secondary N) is 1. The molecule has 6 nitrogen and oxygen atoms in total. The number of hydrogen-bond donors (Lipinski definition) is 3. The first-order chi connectivity index (χ1) is 14.6. The van der Waals surface area contributed by atoms with Crippen molar-refractivity contribution >= 4 is 22.9 Å². The number of alkyl halides is 3. The Labute approximate surface area is 173 Å². The van der Waals surface area contributed by atoms with Crippen LogP contribution in [0.4, 0.5) is 13.2 Å². The molecule has 0 fully saturated rings. The lowest BCUT2D eigenvalue weighted by atomic mass is 9.98. The summed E-state index contributed by atoms with van der Waals surface area (Å²) < 4.78 is 38.9. The largest absolute Gasteiger partial charge is 0.478 e. The highest BCUT2D eigenvalue weighted by Gasteiger charge is 2.30. The summed E-state index contributed by atoms with van der Waals surface area (Å²) in [6.45, 7) is 0. The average Bonchev–Trinajstić information content (AvgIpc) is 3.16. The highest BCUT2D eigenvalue weighted by atomic mass is 19.4. The number of primary amides is 1. The van der Waals surface area contributed by atoms with Gasteiger partial charge in [0.05, 0.1) is 22.2 Å². The summed E-state index contributed by atoms with van der Waals surface area (Å²) in [4.78, 5) is 30.0. The number of nitrogens with two attached hydrogens (primary N) is 1. The number of carboxylic acid groups (broad SMARTS) is 1. The first-order valence-electron chi connectivity index (χ1n) is 8.98. The summed E-state index contributed by atoms with van der Waals surface area (Å²) in [5, 5.41) is 9.49. The molecule has 1 aromatic heterocycles. The Kier molecular flexibility index (Phi) is 4.73. The number of carbonyl (C=O) groups excluding carboxylic acids is 1. The molecule has 0 bridgehead atoms. The Morgan fingerprint density at radius 3 is 2.16 bits per heavy atom. The van der Waals surface area contributed by atoms with E-state index in [0.29, 0.717) is 27.8 Å². The lowest BCUT2D eigenvalue weighted by molar-refractivity contribution is -0.137. The molecule has 0 saturated heterocycles. The van der Waals surface area contributed by atoms with Crippen molar-refractivity contribution in [3.05, 3.63) is 77.4 Å². The van der Waals surface area contributed by atoms with E-state index in [-0.39, 0.29) is 16.9 Å². The Balaban J connectivity index is 1.82. The summed E-state index contributed by atoms with van der Waals surface area (Å²) in [6.07, 6.45) is -4.50. The van der Waals surface area contributed by atoms with Crippen LogP contribution in [0.1, 0.15) is 26.3 Å². The molecule has 3 aromatic carbocycles. The second-order valence-corrected chi connectivity index (χ2v) is 6.86. The first-order valence-corrected chi connectivity index (χ1v) is 8.98. The van der Waals surface area contributed by atoms with Crippen LogP contribution < -0.4 is 5.73 Å². The highest BCUT2D eigenvalue weighted by molar-refractivity contribution is 5.94. The van der Waals surface area contributed by atoms with Gasteiger partial charge in [0.2, 0.25) is 5.91 Å². The van der Waals surface area contributed by atoms with Gasteiger partial charge in [-0.25, -0.2) is 9.78 Å². The fourth-order valence-corrected chi connectivity index (χ4v) is 3.20. The quantitative estimate of drug-likeness (QED) is 0.440. The van der Waals surface area contributed by atoms with Crippen molar-refractivity contribution in [2.45, 2.75) is 6.18 Å². The molecule has 0 aliphatic heterocycles. The summed E-state index contributed by atoms with van der Waals surface area (Å²) in [6, 6.07) is 13.9. The second-order valence-electron chi connectivity index (χ2n) is 6.86. The Bertz CT molecular complexity index is 1330. The lowest BCUT2D eigenvalue weighted by Gasteiger charge is -2.07. The monoisotopic (exact) mass is 425 g/mol. The molecular weight excluding hydrogens is 411 g/mol. The maximum Gasteiger partial charge on any atom is 0.416 e. The molecule has 4 N–H and O–H groups in total. The number of hydrogen-bond acceptors (Lipinski definition) is 3. The summed E-state index contributed by atoms with van der Waals surface area (Å²) in [5.74, 6) is -1.54. The number of carboxylic acids is 1. The van der Waals surface area contributed by atoms with Crippen molar-refractivity contribution in [2.24, 2.45) is 5.73 Å². The third kappa shape index (κ3) is 3.97. The zero-order chi connectivity index (χ0) is 22.3. The summed E-state index contributed by atoms with van der Waals surface area (Å²) >= 11 is 0. The predicted octanol–water partition coefficient (Wildman–Crippen LogP) is 4.71. The molecular formula is C22H14F3N3O3. The predicted molar refractivity (Wildman–Crippen MR) is 107 cm³/mol. The topological polar surface area (TPSA) is 109 Å². The Morgan fingerprint density at radius 1 is 0.871 bits per heavy atom. The molecule has 0 radical (unpaired) electrons. The maximum atomic E-state index is 13.0. The van der Waals surface area contributed by atoms with Gasteiger partial charge in [-0.15, -0.1) is 0 Å². The number of nitrogens with zero attached hydrogens (tertiary/aromatic N) is 1. The minimum atomic E-state index is -4.50. The molecule has 1 heterocycles. The van der Waals surface area contributed by atoms with Gasteiger partial charge in [0.15, 0.2) is 0 Å². The number of carbonyl (C=O) groups is 2. The van der Waals surface area contributed by atoms with E-state index in [9.17, 15) is 27.9 Å². The number of aromatic nitrogens is 2. The van der Waals surface area contributed by atoms with Gasteiger partial charge in [-0.3, -0.25) is 4.79 Å². The van der Waals surface area contributed by atoms with Crippen LogP contribution in [0.2, 0.25) is 0 Å². The van der Waals surface area contributed by atoms with Crippen molar-refractivity contribution < 1.29 is 27.9 Å². The van der Waals surface area contributed by atoms with Gasteiger partial charge in [0, 0.05) is 11.1 Å². The van der Waals surface area contributed by atoms with E-state index in [0.717, 1.165) is 12.1 Å². The van der Waals surface area contributed by atoms with Gasteiger partial charge >= 0.3 is 12.1 Å². The van der Waals surface area contributed by atoms with Crippen LogP contribution in [0.5, 0.6) is 0 Å². The van der Waals surface area contributed by atoms with Crippen molar-refractivity contribution in [3.8, 4) is 22.5 Å². The molecule has 0 aliphatic carbocycles. The van der Waals surface area contributed by atoms with Crippen molar-refractivity contribution in [2.75, 3.05) is 0 Å². The second kappa shape index (κ2) is 7.28. The molecule has 0 saturated carbocycles. The number of aromatic carboxylic acids is 1. The molecule has 156 valence electrons. The van der Waals surface area contributed by atoms with E-state index in [2.05, 4.69) is 9.97 Å². The fraction of sp³-hybridized carbons (Fsp3) is 0.0455. The van der Waals surface area contributed by atoms with Crippen molar-refractivity contribution in [3.63, 3.8) is 0 Å². The molecule has 0 spiro atoms. The normalized spacial score (nSPS) is 11.6. The van der Waals surface area contributed by atoms with Crippen molar-refractivity contribution in [1.82, 2.24) is 9.97 Å². The number of rotatable bonds is 4. The molecule has 9 heteroatoms. The lowest BCUT2D eigenvalue weighted by Crippen LogP contribution is -2.10. The number of fused-ring (bicyclic) bond motifs is 1. The highest BCUT2D eigenvalue weighted by Crippen LogP contribution is 2.33. The third-order valence-electron chi connectivity index (χ3n) is 4.77. The van der Waals surface area contributed by atoms with Gasteiger partial charge in [-0.1, -0.05) is 12.1 Å². The molecule has 1 amide bonds. The summed E-state index contributed by atoms with van der Waals surface area (Å²) in [7, 11) is 0. The number of imidazole rings is 1. The van der Waals surface area contributed by atoms with Gasteiger partial charge < -0.3 is 15.8 Å². The number of aromatic amines is 1. The molecule has 31 heavy (non-hydrogen) atoms. The Morgan fingerprint density at radius 2 is 1.55 bits per heavy atom. The SMILES string of the molecule is NC(=O)c1ccc(-c2cc(C(=O)O)cc(-c3nc4cc(C(F)(F)F)ccc4[nH]3)c2)cc1. The smallest absolute Gasteiger partial charge is 0.416 e. The van der Waals surface area contributed by atoms with Crippen LogP contribution in [0.25, 0.3) is 33.5 Å². The fourth-order valence-electron chi connectivity index (χ4n) is 3.20. The van der Waals surface area contributed by atoms with Crippen LogP contribution >= 0.6 is 0 Å². The molecule has 4 aromatic rings. The van der Waals surface area contributed by atoms with Crippen LogP contribution in [-0.2, 0) is 6.18 Å². The number of benzene rings is 3. The Hall–Kier alpha value is -4.14. The van der Waals surface area contributed by atoms with E-state index in [1.807, 2.05) is 0 Å². The minimum absolute atomic E-state index is 0.0251. The first kappa shape index (κ1) is 20.1. The number of halogens is 3. The van der Waals surface area contributed by atoms with Gasteiger partial charge in [0.25, 0.3) is 0 Å². The minimum Gasteiger partial charge on any atom is -0.478 e. The third-order valence-corrected chi connectivity index (χ3v) is 4.77. The van der Waals surface area contributed by atoms with Crippen LogP contribution in [0.15, 0.2) is 60.7 Å². The summed E-state index contributed by atoms with van der Waals surface area (Å²) in [5.41, 5.74) is 6.73. The maximum absolute atomic E-state index is 13.0. The van der Waals surface area contributed by atoms with E-state index in [1.54, 1.807) is 18.2 Å². The van der Waals surface area contributed by atoms with E-state index in [4.69, 9.17) is 5.73 Å².